The van der Waals surface area contributed by atoms with Crippen molar-refractivity contribution in [3.63, 3.8) is 0 Å². The molecule has 0 aliphatic carbocycles. The highest BCUT2D eigenvalue weighted by Crippen LogP contribution is 2.64. The molecule has 3 N–H and O–H groups in total. The number of phenolic OH excluding ortho intramolecular Hbond substituents is 2. The lowest BCUT2D eigenvalue weighted by Gasteiger charge is -2.62. The van der Waals surface area contributed by atoms with Gasteiger partial charge in [-0.2, -0.15) is 5.26 Å². The normalized spacial score (nSPS) is 29.6. The van der Waals surface area contributed by atoms with Crippen molar-refractivity contribution in [3.05, 3.63) is 62.7 Å². The minimum absolute atomic E-state index is 0.00729. The molecule has 4 bridgehead atoms. The maximum atomic E-state index is 14.7. The number of aryl methyl sites for hydroxylation is 1. The van der Waals surface area contributed by atoms with E-state index in [0.717, 1.165) is 38.9 Å². The fraction of sp³-hybridized carbons (Fsp3) is 0.487. The SMILES string of the molecule is COc1cc2c(cc1O)CCN[C@]21CS[C@@H]2c3c(OC)c(C)c4c(c3[C@H](COC1=O)N1C2C2c3c(cc(C)c(OC)c3O)C[C@@H]([C@@H]1C#N)N2C)OCO4. The molecule has 10 rings (SSSR count). The van der Waals surface area contributed by atoms with Crippen LogP contribution in [0.1, 0.15) is 61.8 Å². The van der Waals surface area contributed by atoms with Gasteiger partial charge in [0, 0.05) is 46.6 Å². The minimum Gasteiger partial charge on any atom is -0.504 e. The molecule has 1 spiro atoms. The molecule has 13 nitrogen and oxygen atoms in total. The first kappa shape index (κ1) is 34.2. The van der Waals surface area contributed by atoms with Gasteiger partial charge in [0.15, 0.2) is 40.0 Å². The number of ether oxygens (including phenoxy) is 6. The number of esters is 1. The van der Waals surface area contributed by atoms with Crippen LogP contribution >= 0.6 is 11.8 Å². The van der Waals surface area contributed by atoms with E-state index in [1.54, 1.807) is 38.1 Å². The first-order valence-corrected chi connectivity index (χ1v) is 18.9. The number of thioether (sulfide) groups is 1. The summed E-state index contributed by atoms with van der Waals surface area (Å²) < 4.78 is 36.3. The van der Waals surface area contributed by atoms with Gasteiger partial charge < -0.3 is 38.6 Å². The zero-order valence-corrected chi connectivity index (χ0v) is 31.3. The largest absolute Gasteiger partial charge is 0.504 e. The van der Waals surface area contributed by atoms with Gasteiger partial charge in [-0.1, -0.05) is 6.07 Å². The van der Waals surface area contributed by atoms with Crippen LogP contribution in [0.5, 0.6) is 40.2 Å². The molecule has 53 heavy (non-hydrogen) atoms. The number of benzene rings is 3. The number of hydrogen-bond donors (Lipinski definition) is 3. The molecule has 14 heteroatoms. The summed E-state index contributed by atoms with van der Waals surface area (Å²) in [5.74, 6) is 2.36. The van der Waals surface area contributed by atoms with Crippen molar-refractivity contribution in [1.82, 2.24) is 15.1 Å². The third-order valence-corrected chi connectivity index (χ3v) is 13.9. The van der Waals surface area contributed by atoms with Gasteiger partial charge in [0.25, 0.3) is 0 Å². The summed E-state index contributed by atoms with van der Waals surface area (Å²) >= 11 is 1.58. The molecule has 0 radical (unpaired) electrons. The maximum absolute atomic E-state index is 14.7. The van der Waals surface area contributed by atoms with Crippen LogP contribution < -0.4 is 29.0 Å². The molecular formula is C39H42N4O9S. The maximum Gasteiger partial charge on any atom is 0.331 e. The minimum atomic E-state index is -1.29. The Morgan fingerprint density at radius 1 is 1.00 bits per heavy atom. The number of piperazine rings is 1. The van der Waals surface area contributed by atoms with Gasteiger partial charge in [-0.05, 0) is 68.1 Å². The van der Waals surface area contributed by atoms with Gasteiger partial charge in [0.2, 0.25) is 6.79 Å². The van der Waals surface area contributed by atoms with Crippen molar-refractivity contribution in [3.8, 4) is 46.3 Å². The average Bonchev–Trinajstić information content (AvgIpc) is 3.64. The third kappa shape index (κ3) is 4.51. The Bertz CT molecular complexity index is 2120. The summed E-state index contributed by atoms with van der Waals surface area (Å²) in [4.78, 5) is 19.2. The molecular weight excluding hydrogens is 701 g/mol. The average molecular weight is 743 g/mol. The van der Waals surface area contributed by atoms with Crippen LogP contribution in [0, 0.1) is 25.2 Å². The second-order valence-electron chi connectivity index (χ2n) is 14.7. The van der Waals surface area contributed by atoms with Gasteiger partial charge in [-0.25, -0.2) is 4.79 Å². The van der Waals surface area contributed by atoms with E-state index in [2.05, 4.69) is 27.3 Å². The fourth-order valence-electron chi connectivity index (χ4n) is 10.2. The molecule has 7 aliphatic rings. The highest BCUT2D eigenvalue weighted by Gasteiger charge is 2.61. The van der Waals surface area contributed by atoms with Crippen LogP contribution in [0.25, 0.3) is 0 Å². The fourth-order valence-corrected chi connectivity index (χ4v) is 11.9. The number of nitrogens with zero attached hydrogens (tertiary/aromatic N) is 3. The zero-order valence-electron chi connectivity index (χ0n) is 30.4. The van der Waals surface area contributed by atoms with Crippen LogP contribution in [0.3, 0.4) is 0 Å². The van der Waals surface area contributed by atoms with E-state index in [4.69, 9.17) is 28.4 Å². The Hall–Kier alpha value is -4.55. The van der Waals surface area contributed by atoms with E-state index < -0.39 is 34.9 Å². The highest BCUT2D eigenvalue weighted by atomic mass is 32.2. The van der Waals surface area contributed by atoms with E-state index in [9.17, 15) is 20.3 Å². The summed E-state index contributed by atoms with van der Waals surface area (Å²) in [6.07, 6.45) is 1.14. The summed E-state index contributed by atoms with van der Waals surface area (Å²) in [6.45, 7) is 4.30. The van der Waals surface area contributed by atoms with Gasteiger partial charge in [-0.3, -0.25) is 15.1 Å². The molecule has 3 aromatic carbocycles. The van der Waals surface area contributed by atoms with E-state index in [1.165, 1.54) is 7.11 Å². The predicted molar refractivity (Wildman–Crippen MR) is 193 cm³/mol. The summed E-state index contributed by atoms with van der Waals surface area (Å²) in [5, 5.41) is 37.0. The number of carbonyl (C=O) groups is 1. The van der Waals surface area contributed by atoms with Crippen molar-refractivity contribution in [2.45, 2.75) is 67.7 Å². The van der Waals surface area contributed by atoms with Crippen LogP contribution in [-0.2, 0) is 27.9 Å². The molecule has 2 fully saturated rings. The van der Waals surface area contributed by atoms with E-state index in [0.29, 0.717) is 47.9 Å². The van der Waals surface area contributed by atoms with E-state index >= 15 is 0 Å². The Balaban J connectivity index is 1.32. The van der Waals surface area contributed by atoms with Crippen LogP contribution in [-0.4, -0.2) is 98.2 Å². The molecule has 2 saturated heterocycles. The first-order chi connectivity index (χ1) is 25.6. The second kappa shape index (κ2) is 12.2. The van der Waals surface area contributed by atoms with Crippen molar-refractivity contribution < 1.29 is 43.4 Å². The lowest BCUT2D eigenvalue weighted by molar-refractivity contribution is -0.157. The number of methoxy groups -OCH3 is 3. The van der Waals surface area contributed by atoms with E-state index in [1.807, 2.05) is 20.9 Å². The van der Waals surface area contributed by atoms with Crippen LogP contribution in [0.2, 0.25) is 0 Å². The zero-order chi connectivity index (χ0) is 37.1. The Labute approximate surface area is 311 Å². The molecule has 0 saturated carbocycles. The molecule has 2 unspecified atom stereocenters. The van der Waals surface area contributed by atoms with Gasteiger partial charge >= 0.3 is 5.97 Å². The number of carbonyl (C=O) groups excluding carboxylic acids is 1. The van der Waals surface area contributed by atoms with Crippen molar-refractivity contribution >= 4 is 17.7 Å². The molecule has 0 aromatic heterocycles. The Morgan fingerprint density at radius 2 is 1.77 bits per heavy atom. The monoisotopic (exact) mass is 742 g/mol. The lowest BCUT2D eigenvalue weighted by atomic mass is 9.71. The van der Waals surface area contributed by atoms with Crippen LogP contribution in [0.15, 0.2) is 18.2 Å². The highest BCUT2D eigenvalue weighted by molar-refractivity contribution is 7.99. The molecule has 278 valence electrons. The number of phenols is 2. The van der Waals surface area contributed by atoms with Gasteiger partial charge in [0.05, 0.1) is 44.7 Å². The molecule has 7 atom stereocenters. The second-order valence-corrected chi connectivity index (χ2v) is 15.8. The number of fused-ring (bicyclic) bond motifs is 9. The number of rotatable bonds is 3. The van der Waals surface area contributed by atoms with Crippen molar-refractivity contribution in [1.29, 1.82) is 5.26 Å². The summed E-state index contributed by atoms with van der Waals surface area (Å²) in [5.41, 5.74) is 5.29. The quantitative estimate of drug-likeness (QED) is 0.330. The Morgan fingerprint density at radius 3 is 2.51 bits per heavy atom. The number of nitrogens with one attached hydrogen (secondary N) is 1. The third-order valence-electron chi connectivity index (χ3n) is 12.4. The predicted octanol–water partition coefficient (Wildman–Crippen LogP) is 4.07. The smallest absolute Gasteiger partial charge is 0.331 e. The summed E-state index contributed by atoms with van der Waals surface area (Å²) in [7, 11) is 6.73. The van der Waals surface area contributed by atoms with Crippen molar-refractivity contribution in [2.24, 2.45) is 0 Å². The van der Waals surface area contributed by atoms with Crippen molar-refractivity contribution in [2.75, 3.05) is 54.1 Å². The van der Waals surface area contributed by atoms with Gasteiger partial charge in [-0.15, -0.1) is 11.8 Å². The van der Waals surface area contributed by atoms with E-state index in [-0.39, 0.29) is 48.5 Å². The molecule has 0 amide bonds. The molecule has 7 aliphatic heterocycles. The molecule has 7 heterocycles. The molecule has 3 aromatic rings. The standard InChI is InChI=1S/C39H42N4O9S/c1-17-9-20-10-22-23(13-40)43-24-14-50-38(46)39(21-12-26(47-4)25(44)11-19(21)7-8-41-39)15-53-37(31(43)30(42(22)3)27(20)32(45)33(17)48-5)29-28(24)36-35(51-16-52-36)18(2)34(29)49-6/h9,11-12,22-24,30-31,37,41,44-45H,7-8,10,14-16H2,1-6H3/t22-,23-,24-,30?,31?,37+,39+/m0/s1. The topological polar surface area (TPSA) is 155 Å². The number of likely N-dealkylation sites (N-methyl/N-ethyl adjacent to an activating group) is 1. The van der Waals surface area contributed by atoms with Crippen LogP contribution in [0.4, 0.5) is 0 Å². The Kier molecular flexibility index (Phi) is 7.91. The number of nitriles is 1. The first-order valence-electron chi connectivity index (χ1n) is 17.8. The summed E-state index contributed by atoms with van der Waals surface area (Å²) in [6, 6.07) is 5.88. The lowest BCUT2D eigenvalue weighted by Crippen LogP contribution is -2.69. The van der Waals surface area contributed by atoms with Gasteiger partial charge in [0.1, 0.15) is 18.4 Å². The number of aromatic hydroxyl groups is 2. The number of hydrogen-bond acceptors (Lipinski definition) is 14.